The number of carboxylic acids is 1. The number of hydrogen-bond acceptors (Lipinski definition) is 19. The number of aliphatic carboxylic acids is 1. The van der Waals surface area contributed by atoms with Crippen LogP contribution in [0, 0.1) is 5.92 Å². The highest BCUT2D eigenvalue weighted by Gasteiger charge is 2.39. The van der Waals surface area contributed by atoms with Crippen LogP contribution in [0.25, 0.3) is 0 Å². The lowest BCUT2D eigenvalue weighted by Gasteiger charge is -2.30. The van der Waals surface area contributed by atoms with Crippen molar-refractivity contribution in [2.45, 2.75) is 146 Å². The number of nitrogens with zero attached hydrogens (tertiary/aromatic N) is 1. The van der Waals surface area contributed by atoms with E-state index in [-0.39, 0.29) is 49.8 Å². The van der Waals surface area contributed by atoms with E-state index in [1.165, 1.54) is 11.8 Å². The van der Waals surface area contributed by atoms with Gasteiger partial charge in [-0.3, -0.25) is 52.7 Å². The fraction of sp³-hybridized carbons (Fsp3) is 0.721. The molecule has 0 saturated carbocycles. The number of hydrogen-bond donors (Lipinski definition) is 16. The predicted octanol–water partition coefficient (Wildman–Crippen LogP) is -7.40. The summed E-state index contributed by atoms with van der Waals surface area (Å²) in [6, 6.07) is -15.0. The summed E-state index contributed by atoms with van der Waals surface area (Å²) in [5.74, 6) is -12.7. The smallest absolute Gasteiger partial charge is 0.327 e. The number of rotatable bonds is 13. The zero-order valence-corrected chi connectivity index (χ0v) is 43.4. The zero-order valence-electron chi connectivity index (χ0n) is 41.7. The molecule has 0 aliphatic carbocycles. The van der Waals surface area contributed by atoms with E-state index in [1.54, 1.807) is 13.8 Å². The Hall–Kier alpha value is -5.86. The first kappa shape index (κ1) is 64.3. The van der Waals surface area contributed by atoms with Gasteiger partial charge in [0, 0.05) is 24.5 Å². The number of amides is 11. The van der Waals surface area contributed by atoms with Crippen LogP contribution in [-0.4, -0.2) is 207 Å². The first-order valence-electron chi connectivity index (χ1n) is 24.0. The molecule has 0 spiro atoms. The van der Waals surface area contributed by atoms with E-state index in [0.717, 1.165) is 28.5 Å². The summed E-state index contributed by atoms with van der Waals surface area (Å²) in [7, 11) is 1.81. The maximum atomic E-state index is 14.0. The van der Waals surface area contributed by atoms with Gasteiger partial charge in [-0.25, -0.2) is 4.79 Å². The van der Waals surface area contributed by atoms with Gasteiger partial charge in [0.25, 0.3) is 0 Å². The van der Waals surface area contributed by atoms with Crippen molar-refractivity contribution in [1.82, 2.24) is 52.8 Å². The molecule has 19 N–H and O–H groups in total. The topological polar surface area (TPSA) is 475 Å². The van der Waals surface area contributed by atoms with E-state index < -0.39 is 170 Å². The van der Waals surface area contributed by atoms with Crippen molar-refractivity contribution >= 4 is 92.5 Å². The average molecular weight is 1090 g/mol. The molecule has 0 bridgehead atoms. The number of nitrogens with one attached hydrogen (secondary N) is 9. The van der Waals surface area contributed by atoms with Gasteiger partial charge in [0.2, 0.25) is 65.0 Å². The molecule has 2 heterocycles. The maximum Gasteiger partial charge on any atom is 0.327 e. The second kappa shape index (κ2) is 32.4. The fourth-order valence-corrected chi connectivity index (χ4v) is 9.62. The van der Waals surface area contributed by atoms with Crippen LogP contribution in [-0.2, 0) is 57.5 Å². The van der Waals surface area contributed by atoms with E-state index in [4.69, 9.17) is 17.2 Å². The van der Waals surface area contributed by atoms with Gasteiger partial charge in [0.05, 0.1) is 31.9 Å². The molecule has 2 aliphatic heterocycles. The lowest BCUT2D eigenvalue weighted by molar-refractivity contribution is -0.143. The van der Waals surface area contributed by atoms with E-state index in [0.29, 0.717) is 19.3 Å². The molecule has 0 unspecified atom stereocenters. The molecular weight excluding hydrogens is 1020 g/mol. The normalized spacial score (nSPS) is 28.3. The summed E-state index contributed by atoms with van der Waals surface area (Å²) in [4.78, 5) is 160. The third-order valence-electron chi connectivity index (χ3n) is 11.5. The van der Waals surface area contributed by atoms with Crippen LogP contribution in [0.3, 0.4) is 0 Å². The lowest BCUT2D eigenvalue weighted by atomic mass is 10.0. The molecule has 11 amide bonds. The molecule has 2 saturated heterocycles. The Kier molecular flexibility index (Phi) is 28.2. The van der Waals surface area contributed by atoms with Crippen LogP contribution < -0.4 is 65.1 Å². The predicted molar refractivity (Wildman–Crippen MR) is 266 cm³/mol. The van der Waals surface area contributed by atoms with Crippen molar-refractivity contribution in [1.29, 1.82) is 0 Å². The highest BCUT2D eigenvalue weighted by molar-refractivity contribution is 8.76. The summed E-state index contributed by atoms with van der Waals surface area (Å²) in [6.45, 7) is 3.32. The van der Waals surface area contributed by atoms with Crippen LogP contribution >= 0.6 is 21.6 Å². The first-order chi connectivity index (χ1) is 34.8. The number of aliphatic hydroxyl groups is 3. The number of carbonyl (C=O) groups is 12. The summed E-state index contributed by atoms with van der Waals surface area (Å²) in [6.07, 6.45) is -1.28. The van der Waals surface area contributed by atoms with Crippen molar-refractivity contribution < 1.29 is 78.0 Å². The average Bonchev–Trinajstić information content (AvgIpc) is 3.84. The molecule has 11 atom stereocenters. The minimum atomic E-state index is -1.84. The van der Waals surface area contributed by atoms with Crippen LogP contribution in [0.4, 0.5) is 0 Å². The molecule has 2 rings (SSSR count). The maximum absolute atomic E-state index is 14.0. The quantitative estimate of drug-likeness (QED) is 0.0602. The molecular formula is C43H73N13O16S2. The minimum Gasteiger partial charge on any atom is -0.480 e. The number of primary amides is 1. The molecule has 0 radical (unpaired) electrons. The molecule has 74 heavy (non-hydrogen) atoms. The lowest BCUT2D eigenvalue weighted by Crippen LogP contribution is -2.62. The molecule has 29 nitrogen and oxygen atoms in total. The Labute approximate surface area is 435 Å². The monoisotopic (exact) mass is 1090 g/mol. The van der Waals surface area contributed by atoms with E-state index in [9.17, 15) is 78.0 Å². The highest BCUT2D eigenvalue weighted by Crippen LogP contribution is 2.23. The number of nitrogens with two attached hydrogens (primary N) is 3. The first-order valence-corrected chi connectivity index (χ1v) is 26.4. The Balaban J connectivity index is 2.53. The number of carboxylic acid groups (broad SMARTS) is 1. The summed E-state index contributed by atoms with van der Waals surface area (Å²) in [5.41, 5.74) is 17.0. The zero-order chi connectivity index (χ0) is 55.8. The van der Waals surface area contributed by atoms with E-state index in [2.05, 4.69) is 47.9 Å². The Morgan fingerprint density at radius 2 is 1.24 bits per heavy atom. The number of carbonyl (C=O) groups excluding carboxylic acids is 11. The molecule has 0 aromatic rings. The SMILES string of the molecule is CC(C)C[C@@H]1NC(=O)[C@H](CCC(N)=O)NC(=O)[C@H](CO)NC(=O)[C@H]([C@@H](C)O)NC(=O)[C@@H](N)CSSC[C@@H](C(=O)O)NC(=O)CNC(=O)[C@@H]2CCCN2C(=O)[C@H](CCCCN)NC(=O)[C@H](CO)NC(=O)[C@H](C)NC1=O. The Morgan fingerprint density at radius 3 is 1.81 bits per heavy atom. The highest BCUT2D eigenvalue weighted by atomic mass is 33.1. The molecule has 0 aromatic heterocycles. The van der Waals surface area contributed by atoms with Crippen molar-refractivity contribution in [3.05, 3.63) is 0 Å². The summed E-state index contributed by atoms with van der Waals surface area (Å²) >= 11 is 0. The van der Waals surface area contributed by atoms with Crippen molar-refractivity contribution in [3.8, 4) is 0 Å². The Morgan fingerprint density at radius 1 is 0.689 bits per heavy atom. The van der Waals surface area contributed by atoms with Gasteiger partial charge in [-0.05, 0) is 71.3 Å². The Bertz CT molecular complexity index is 2000. The van der Waals surface area contributed by atoms with Gasteiger partial charge in [-0.15, -0.1) is 0 Å². The van der Waals surface area contributed by atoms with Crippen LogP contribution in [0.5, 0.6) is 0 Å². The largest absolute Gasteiger partial charge is 0.480 e. The summed E-state index contributed by atoms with van der Waals surface area (Å²) in [5, 5.41) is 61.7. The van der Waals surface area contributed by atoms with Crippen LogP contribution in [0.15, 0.2) is 0 Å². The number of unbranched alkanes of at least 4 members (excludes halogenated alkanes) is 1. The summed E-state index contributed by atoms with van der Waals surface area (Å²) < 4.78 is 0. The van der Waals surface area contributed by atoms with Crippen molar-refractivity contribution in [2.24, 2.45) is 23.1 Å². The van der Waals surface area contributed by atoms with Gasteiger partial charge in [-0.1, -0.05) is 35.4 Å². The second-order valence-corrected chi connectivity index (χ2v) is 20.6. The van der Waals surface area contributed by atoms with Crippen molar-refractivity contribution in [2.75, 3.05) is 44.4 Å². The van der Waals surface area contributed by atoms with Gasteiger partial charge in [-0.2, -0.15) is 0 Å². The standard InChI is InChI=1S/C43H73N13O16S2/c1-20(2)14-26-37(65)48-21(3)34(62)53-27(16-57)39(67)51-25(8-5-6-12-44)42(70)56-13-7-9-30(56)40(68)47-15-32(61)49-29(43(71)72)19-74-73-18-23(45)35(63)55-33(22(4)59)41(69)54-28(17-58)38(66)50-24(36(64)52-26)10-11-31(46)60/h20-30,33,57-59H,5-19,44-45H2,1-4H3,(H2,46,60)(H,47,68)(H,48,65)(H,49,61)(H,50,66)(H,51,67)(H,52,64)(H,53,62)(H,54,69)(H,55,63)(H,71,72)/t21-,22+,23-,24-,25-,26-,27-,28-,29-,30-,33-/m0/s1. The molecule has 31 heteroatoms. The van der Waals surface area contributed by atoms with Gasteiger partial charge < -0.3 is 90.4 Å². The van der Waals surface area contributed by atoms with Crippen LogP contribution in [0.1, 0.15) is 79.1 Å². The van der Waals surface area contributed by atoms with Gasteiger partial charge >= 0.3 is 5.97 Å². The third kappa shape index (κ3) is 21.5. The molecule has 2 fully saturated rings. The minimum absolute atomic E-state index is 0.0254. The third-order valence-corrected chi connectivity index (χ3v) is 13.9. The van der Waals surface area contributed by atoms with Crippen molar-refractivity contribution in [3.63, 3.8) is 0 Å². The molecule has 0 aromatic carbocycles. The van der Waals surface area contributed by atoms with E-state index >= 15 is 0 Å². The van der Waals surface area contributed by atoms with E-state index in [1.807, 2.05) is 0 Å². The second-order valence-electron chi connectivity index (χ2n) is 18.1. The van der Waals surface area contributed by atoms with Gasteiger partial charge in [0.15, 0.2) is 0 Å². The van der Waals surface area contributed by atoms with Crippen LogP contribution in [0.2, 0.25) is 0 Å². The number of fused-ring (bicyclic) bond motifs is 1. The number of aliphatic hydroxyl groups excluding tert-OH is 3. The fourth-order valence-electron chi connectivity index (χ4n) is 7.34. The molecule has 418 valence electrons. The van der Waals surface area contributed by atoms with Gasteiger partial charge in [0.1, 0.15) is 54.4 Å². The molecule has 2 aliphatic rings.